The minimum Gasteiger partial charge on any atom is -0.361 e. The summed E-state index contributed by atoms with van der Waals surface area (Å²) in [5.41, 5.74) is -2.70. The van der Waals surface area contributed by atoms with Crippen LogP contribution in [0.25, 0.3) is 11.0 Å². The van der Waals surface area contributed by atoms with Crippen LogP contribution in [0.1, 0.15) is 18.7 Å². The van der Waals surface area contributed by atoms with E-state index in [2.05, 4.69) is 4.98 Å². The predicted octanol–water partition coefficient (Wildman–Crippen LogP) is 1.87. The van der Waals surface area contributed by atoms with Gasteiger partial charge >= 0.3 is 17.3 Å². The van der Waals surface area contributed by atoms with Gasteiger partial charge in [0.25, 0.3) is 0 Å². The highest BCUT2D eigenvalue weighted by Gasteiger charge is 2.31. The molecule has 1 aromatic carbocycles. The molecule has 0 aliphatic rings. The van der Waals surface area contributed by atoms with E-state index < -0.39 is 29.1 Å². The van der Waals surface area contributed by atoms with E-state index in [4.69, 9.17) is 4.74 Å². The van der Waals surface area contributed by atoms with E-state index in [1.807, 2.05) is 0 Å². The Morgan fingerprint density at radius 3 is 2.50 bits per heavy atom. The molecule has 0 aliphatic heterocycles. The van der Waals surface area contributed by atoms with Gasteiger partial charge in [-0.25, -0.2) is 0 Å². The number of benzene rings is 1. The number of ether oxygens (including phenoxy) is 1. The Kier molecular flexibility index (Phi) is 3.43. The van der Waals surface area contributed by atoms with Crippen molar-refractivity contribution in [1.29, 1.82) is 0 Å². The van der Waals surface area contributed by atoms with Crippen LogP contribution in [0, 0.1) is 0 Å². The van der Waals surface area contributed by atoms with Gasteiger partial charge in [-0.05, 0) is 25.1 Å². The van der Waals surface area contributed by atoms with Gasteiger partial charge in [-0.1, -0.05) is 0 Å². The number of rotatable bonds is 2. The summed E-state index contributed by atoms with van der Waals surface area (Å²) in [4.78, 5) is 25.4. The molecule has 2 aromatic rings. The van der Waals surface area contributed by atoms with Gasteiger partial charge in [-0.3, -0.25) is 14.2 Å². The molecule has 0 saturated heterocycles. The summed E-state index contributed by atoms with van der Waals surface area (Å²) in [7, 11) is 1.33. The van der Waals surface area contributed by atoms with E-state index in [0.717, 1.165) is 22.8 Å². The van der Waals surface area contributed by atoms with Crippen LogP contribution >= 0.6 is 0 Å². The molecule has 108 valence electrons. The van der Waals surface area contributed by atoms with Crippen molar-refractivity contribution in [1.82, 2.24) is 9.55 Å². The van der Waals surface area contributed by atoms with E-state index in [1.165, 1.54) is 14.0 Å². The molecule has 0 bridgehead atoms. The minimum atomic E-state index is -4.53. The largest absolute Gasteiger partial charge is 0.416 e. The Morgan fingerprint density at radius 1 is 1.30 bits per heavy atom. The average molecular weight is 288 g/mol. The molecule has 0 amide bonds. The predicted molar refractivity (Wildman–Crippen MR) is 65.6 cm³/mol. The first kappa shape index (κ1) is 14.3. The smallest absolute Gasteiger partial charge is 0.361 e. The lowest BCUT2D eigenvalue weighted by Crippen LogP contribution is -2.38. The van der Waals surface area contributed by atoms with Crippen LogP contribution < -0.4 is 11.1 Å². The van der Waals surface area contributed by atoms with E-state index in [1.54, 1.807) is 0 Å². The average Bonchev–Trinajstić information content (AvgIpc) is 2.38. The summed E-state index contributed by atoms with van der Waals surface area (Å²) in [6.07, 6.45) is -5.30. The van der Waals surface area contributed by atoms with Crippen molar-refractivity contribution in [3.05, 3.63) is 44.5 Å². The monoisotopic (exact) mass is 288 g/mol. The number of halogens is 3. The van der Waals surface area contributed by atoms with E-state index in [9.17, 15) is 22.8 Å². The van der Waals surface area contributed by atoms with Crippen molar-refractivity contribution in [2.45, 2.75) is 19.3 Å². The molecule has 0 radical (unpaired) electrons. The van der Waals surface area contributed by atoms with Gasteiger partial charge in [-0.15, -0.1) is 0 Å². The second-order valence-electron chi connectivity index (χ2n) is 4.19. The van der Waals surface area contributed by atoms with Crippen molar-refractivity contribution in [2.75, 3.05) is 7.11 Å². The Labute approximate surface area is 110 Å². The number of hydrogen-bond donors (Lipinski definition) is 1. The minimum absolute atomic E-state index is 0.0756. The summed E-state index contributed by atoms with van der Waals surface area (Å²) in [6.45, 7) is 1.51. The Hall–Kier alpha value is -2.09. The number of methoxy groups -OCH3 is 1. The normalized spacial score (nSPS) is 13.7. The molecule has 0 spiro atoms. The zero-order valence-corrected chi connectivity index (χ0v) is 10.6. The van der Waals surface area contributed by atoms with E-state index in [0.29, 0.717) is 0 Å². The maximum Gasteiger partial charge on any atom is 0.416 e. The van der Waals surface area contributed by atoms with Crippen molar-refractivity contribution in [3.63, 3.8) is 0 Å². The van der Waals surface area contributed by atoms with Gasteiger partial charge in [0.15, 0.2) is 0 Å². The first-order chi connectivity index (χ1) is 9.25. The van der Waals surface area contributed by atoms with Gasteiger partial charge in [0.2, 0.25) is 0 Å². The molecule has 2 rings (SSSR count). The lowest BCUT2D eigenvalue weighted by molar-refractivity contribution is -0.137. The number of fused-ring (bicyclic) bond motifs is 1. The molecule has 1 heterocycles. The zero-order chi connectivity index (χ0) is 15.1. The second-order valence-corrected chi connectivity index (χ2v) is 4.19. The van der Waals surface area contributed by atoms with Crippen LogP contribution in [-0.4, -0.2) is 16.7 Å². The fraction of sp³-hybridized carbons (Fsp3) is 0.333. The lowest BCUT2D eigenvalue weighted by Gasteiger charge is -2.16. The number of nitrogens with one attached hydrogen (secondary N) is 1. The fourth-order valence-corrected chi connectivity index (χ4v) is 1.88. The second kappa shape index (κ2) is 4.78. The standard InChI is InChI=1S/C12H11F3N2O3/c1-6(20-2)17-9-4-3-7(12(13,14)15)5-8(9)16-10(18)11(17)19/h3-6H,1-2H3,(H,16,18). The summed E-state index contributed by atoms with van der Waals surface area (Å²) in [5.74, 6) is 0. The van der Waals surface area contributed by atoms with Crippen molar-refractivity contribution >= 4 is 11.0 Å². The molecule has 0 aliphatic carbocycles. The molecule has 5 nitrogen and oxygen atoms in total. The van der Waals surface area contributed by atoms with Crippen molar-refractivity contribution in [3.8, 4) is 0 Å². The Morgan fingerprint density at radius 2 is 1.95 bits per heavy atom. The van der Waals surface area contributed by atoms with Crippen LogP contribution in [0.15, 0.2) is 27.8 Å². The lowest BCUT2D eigenvalue weighted by atomic mass is 10.2. The molecular formula is C12H11F3N2O3. The van der Waals surface area contributed by atoms with Gasteiger partial charge in [0.1, 0.15) is 6.23 Å². The molecule has 0 saturated carbocycles. The summed E-state index contributed by atoms with van der Waals surface area (Å²) < 4.78 is 43.9. The van der Waals surface area contributed by atoms with Crippen molar-refractivity contribution < 1.29 is 17.9 Å². The summed E-state index contributed by atoms with van der Waals surface area (Å²) in [5, 5.41) is 0. The first-order valence-corrected chi connectivity index (χ1v) is 5.64. The maximum atomic E-state index is 12.6. The van der Waals surface area contributed by atoms with Gasteiger partial charge in [0, 0.05) is 7.11 Å². The van der Waals surface area contributed by atoms with Crippen LogP contribution in [-0.2, 0) is 10.9 Å². The Balaban J connectivity index is 2.84. The highest BCUT2D eigenvalue weighted by molar-refractivity contribution is 5.75. The summed E-state index contributed by atoms with van der Waals surface area (Å²) in [6, 6.07) is 2.76. The fourth-order valence-electron chi connectivity index (χ4n) is 1.88. The summed E-state index contributed by atoms with van der Waals surface area (Å²) >= 11 is 0. The zero-order valence-electron chi connectivity index (χ0n) is 10.6. The number of aromatic amines is 1. The van der Waals surface area contributed by atoms with Gasteiger partial charge < -0.3 is 9.72 Å². The third-order valence-corrected chi connectivity index (χ3v) is 2.95. The number of hydrogen-bond acceptors (Lipinski definition) is 3. The molecule has 1 N–H and O–H groups in total. The van der Waals surface area contributed by atoms with E-state index in [-0.39, 0.29) is 11.0 Å². The Bertz CT molecular complexity index is 761. The molecule has 1 aromatic heterocycles. The third-order valence-electron chi connectivity index (χ3n) is 2.95. The SMILES string of the molecule is COC(C)n1c(=O)c(=O)[nH]c2cc(C(F)(F)F)ccc21. The van der Waals surface area contributed by atoms with Crippen LogP contribution in [0.5, 0.6) is 0 Å². The number of aromatic nitrogens is 2. The molecule has 0 fully saturated rings. The van der Waals surface area contributed by atoms with Gasteiger partial charge in [-0.2, -0.15) is 13.2 Å². The topological polar surface area (TPSA) is 64.1 Å². The van der Waals surface area contributed by atoms with Crippen LogP contribution in [0.2, 0.25) is 0 Å². The molecule has 1 unspecified atom stereocenters. The number of alkyl halides is 3. The number of H-pyrrole nitrogens is 1. The highest BCUT2D eigenvalue weighted by Crippen LogP contribution is 2.30. The molecule has 20 heavy (non-hydrogen) atoms. The third kappa shape index (κ3) is 2.34. The van der Waals surface area contributed by atoms with Crippen LogP contribution in [0.3, 0.4) is 0 Å². The quantitative estimate of drug-likeness (QED) is 0.858. The number of nitrogens with zero attached hydrogens (tertiary/aromatic N) is 1. The molecular weight excluding hydrogens is 277 g/mol. The highest BCUT2D eigenvalue weighted by atomic mass is 19.4. The van der Waals surface area contributed by atoms with Gasteiger partial charge in [0.05, 0.1) is 16.6 Å². The molecule has 8 heteroatoms. The maximum absolute atomic E-state index is 12.6. The van der Waals surface area contributed by atoms with Crippen molar-refractivity contribution in [2.24, 2.45) is 0 Å². The van der Waals surface area contributed by atoms with Crippen LogP contribution in [0.4, 0.5) is 13.2 Å². The van der Waals surface area contributed by atoms with E-state index >= 15 is 0 Å². The first-order valence-electron chi connectivity index (χ1n) is 5.64. The molecule has 1 atom stereocenters.